The van der Waals surface area contributed by atoms with E-state index in [0.29, 0.717) is 13.0 Å². The summed E-state index contributed by atoms with van der Waals surface area (Å²) in [7, 11) is 0. The van der Waals surface area contributed by atoms with Crippen LogP contribution in [0.25, 0.3) is 0 Å². The number of hydrogen-bond donors (Lipinski definition) is 1. The van der Waals surface area contributed by atoms with Crippen LogP contribution in [0, 0.1) is 0 Å². The molecule has 0 aliphatic carbocycles. The van der Waals surface area contributed by atoms with Gasteiger partial charge in [-0.15, -0.1) is 0 Å². The highest BCUT2D eigenvalue weighted by Crippen LogP contribution is 2.25. The lowest BCUT2D eigenvalue weighted by Gasteiger charge is -2.08. The number of rotatable bonds is 5. The molecule has 0 radical (unpaired) electrons. The molecule has 5 nitrogen and oxygen atoms in total. The molecule has 96 valence electrons. The molecule has 0 amide bonds. The van der Waals surface area contributed by atoms with Gasteiger partial charge >= 0.3 is 5.97 Å². The fourth-order valence-electron chi connectivity index (χ4n) is 1.88. The van der Waals surface area contributed by atoms with Crippen LogP contribution in [0.2, 0.25) is 0 Å². The second kappa shape index (κ2) is 5.53. The van der Waals surface area contributed by atoms with Gasteiger partial charge in [-0.3, -0.25) is 4.79 Å². The number of aliphatic carboxylic acids is 1. The molecule has 0 saturated carbocycles. The number of ether oxygens (including phenoxy) is 1. The van der Waals surface area contributed by atoms with Crippen molar-refractivity contribution in [1.29, 1.82) is 0 Å². The normalized spacial score (nSPS) is 18.1. The number of carboxylic acids is 1. The van der Waals surface area contributed by atoms with E-state index in [-0.39, 0.29) is 12.5 Å². The van der Waals surface area contributed by atoms with Crippen molar-refractivity contribution in [3.63, 3.8) is 0 Å². The number of benzene rings is 1. The average Bonchev–Trinajstić information content (AvgIpc) is 2.77. The van der Waals surface area contributed by atoms with Gasteiger partial charge in [-0.05, 0) is 19.1 Å². The molecule has 5 heteroatoms. The van der Waals surface area contributed by atoms with Gasteiger partial charge in [0.2, 0.25) is 0 Å². The van der Waals surface area contributed by atoms with Crippen molar-refractivity contribution >= 4 is 11.7 Å². The molecule has 1 aliphatic heterocycles. The Hall–Kier alpha value is -2.04. The number of carbonyl (C=O) groups is 1. The third-order valence-corrected chi connectivity index (χ3v) is 2.63. The molecule has 1 unspecified atom stereocenters. The third kappa shape index (κ3) is 2.80. The van der Waals surface area contributed by atoms with Crippen LogP contribution in [-0.4, -0.2) is 29.5 Å². The molecule has 1 heterocycles. The van der Waals surface area contributed by atoms with Gasteiger partial charge < -0.3 is 14.7 Å². The fourth-order valence-corrected chi connectivity index (χ4v) is 1.88. The van der Waals surface area contributed by atoms with Crippen molar-refractivity contribution in [2.24, 2.45) is 5.16 Å². The van der Waals surface area contributed by atoms with Crippen molar-refractivity contribution in [2.75, 3.05) is 6.61 Å². The molecule has 0 bridgehead atoms. The Labute approximate surface area is 105 Å². The van der Waals surface area contributed by atoms with Gasteiger partial charge in [-0.2, -0.15) is 0 Å². The summed E-state index contributed by atoms with van der Waals surface area (Å²) in [6.45, 7) is 2.49. The fraction of sp³-hybridized carbons (Fsp3) is 0.385. The molecule has 1 N–H and O–H groups in total. The molecule has 18 heavy (non-hydrogen) atoms. The summed E-state index contributed by atoms with van der Waals surface area (Å²) >= 11 is 0. The number of oxime groups is 1. The molecule has 1 aromatic carbocycles. The van der Waals surface area contributed by atoms with Gasteiger partial charge in [0.05, 0.1) is 18.7 Å². The van der Waals surface area contributed by atoms with E-state index in [1.54, 1.807) is 0 Å². The van der Waals surface area contributed by atoms with Gasteiger partial charge in [0.25, 0.3) is 0 Å². The summed E-state index contributed by atoms with van der Waals surface area (Å²) in [5.74, 6) is -0.132. The van der Waals surface area contributed by atoms with Gasteiger partial charge in [0, 0.05) is 12.0 Å². The number of para-hydroxylation sites is 1. The zero-order valence-corrected chi connectivity index (χ0v) is 10.1. The van der Waals surface area contributed by atoms with Crippen molar-refractivity contribution < 1.29 is 19.5 Å². The molecule has 0 saturated heterocycles. The minimum atomic E-state index is -0.880. The van der Waals surface area contributed by atoms with Crippen LogP contribution in [-0.2, 0) is 9.63 Å². The number of hydrogen-bond acceptors (Lipinski definition) is 4. The van der Waals surface area contributed by atoms with Crippen LogP contribution < -0.4 is 4.74 Å². The summed E-state index contributed by atoms with van der Waals surface area (Å²) in [4.78, 5) is 15.7. The van der Waals surface area contributed by atoms with Gasteiger partial charge in [-0.1, -0.05) is 17.3 Å². The van der Waals surface area contributed by atoms with Crippen molar-refractivity contribution in [2.45, 2.75) is 25.9 Å². The Morgan fingerprint density at radius 1 is 1.56 bits per heavy atom. The van der Waals surface area contributed by atoms with Crippen molar-refractivity contribution in [3.05, 3.63) is 29.8 Å². The summed E-state index contributed by atoms with van der Waals surface area (Å²) in [6.07, 6.45) is 0.0763. The highest BCUT2D eigenvalue weighted by atomic mass is 16.6. The molecule has 2 rings (SSSR count). The van der Waals surface area contributed by atoms with Crippen LogP contribution in [0.4, 0.5) is 0 Å². The zero-order valence-electron chi connectivity index (χ0n) is 10.1. The first-order chi connectivity index (χ1) is 8.70. The maximum atomic E-state index is 10.6. The van der Waals surface area contributed by atoms with Crippen LogP contribution in [0.3, 0.4) is 0 Å². The lowest BCUT2D eigenvalue weighted by Crippen LogP contribution is -2.14. The first-order valence-corrected chi connectivity index (χ1v) is 5.87. The van der Waals surface area contributed by atoms with E-state index in [1.807, 2.05) is 31.2 Å². The molecular formula is C13H15NO4. The van der Waals surface area contributed by atoms with E-state index in [0.717, 1.165) is 17.0 Å². The summed E-state index contributed by atoms with van der Waals surface area (Å²) in [5.41, 5.74) is 1.61. The summed E-state index contributed by atoms with van der Waals surface area (Å²) < 4.78 is 5.51. The Bertz CT molecular complexity index is 470. The van der Waals surface area contributed by atoms with E-state index in [4.69, 9.17) is 14.7 Å². The minimum Gasteiger partial charge on any atom is -0.493 e. The minimum absolute atomic E-state index is 0.0379. The maximum absolute atomic E-state index is 10.6. The predicted molar refractivity (Wildman–Crippen MR) is 65.9 cm³/mol. The highest BCUT2D eigenvalue weighted by molar-refractivity contribution is 6.03. The second-order valence-electron chi connectivity index (χ2n) is 4.00. The van der Waals surface area contributed by atoms with Crippen LogP contribution >= 0.6 is 0 Å². The number of nitrogens with zero attached hydrogens (tertiary/aromatic N) is 1. The molecule has 0 aromatic heterocycles. The van der Waals surface area contributed by atoms with E-state index in [9.17, 15) is 4.79 Å². The van der Waals surface area contributed by atoms with E-state index in [1.165, 1.54) is 0 Å². The van der Waals surface area contributed by atoms with Crippen molar-refractivity contribution in [3.8, 4) is 5.75 Å². The second-order valence-corrected chi connectivity index (χ2v) is 4.00. The van der Waals surface area contributed by atoms with E-state index in [2.05, 4.69) is 5.16 Å². The lowest BCUT2D eigenvalue weighted by molar-refractivity contribution is -0.139. The average molecular weight is 249 g/mol. The first kappa shape index (κ1) is 12.4. The molecule has 0 fully saturated rings. The molecule has 1 aromatic rings. The molecule has 1 aliphatic rings. The molecular weight excluding hydrogens is 234 g/mol. The quantitative estimate of drug-likeness (QED) is 0.867. The van der Waals surface area contributed by atoms with Crippen LogP contribution in [0.5, 0.6) is 5.75 Å². The lowest BCUT2D eigenvalue weighted by atomic mass is 10.0. The zero-order chi connectivity index (χ0) is 13.0. The topological polar surface area (TPSA) is 68.1 Å². The molecule has 0 spiro atoms. The first-order valence-electron chi connectivity index (χ1n) is 5.87. The third-order valence-electron chi connectivity index (χ3n) is 2.63. The standard InChI is InChI=1S/C13H15NO4/c1-2-17-12-6-4-3-5-10(12)11-7-9(18-14-11)8-13(15)16/h3-6,9H,2,7-8H2,1H3,(H,15,16). The predicted octanol–water partition coefficient (Wildman–Crippen LogP) is 2.05. The van der Waals surface area contributed by atoms with Gasteiger partial charge in [0.15, 0.2) is 0 Å². The monoisotopic (exact) mass is 249 g/mol. The van der Waals surface area contributed by atoms with E-state index >= 15 is 0 Å². The van der Waals surface area contributed by atoms with Gasteiger partial charge in [0.1, 0.15) is 11.9 Å². The largest absolute Gasteiger partial charge is 0.493 e. The Morgan fingerprint density at radius 2 is 2.33 bits per heavy atom. The van der Waals surface area contributed by atoms with E-state index < -0.39 is 5.97 Å². The van der Waals surface area contributed by atoms with Crippen LogP contribution in [0.15, 0.2) is 29.4 Å². The Kier molecular flexibility index (Phi) is 3.82. The Morgan fingerprint density at radius 3 is 3.06 bits per heavy atom. The maximum Gasteiger partial charge on any atom is 0.307 e. The number of carboxylic acid groups (broad SMARTS) is 1. The van der Waals surface area contributed by atoms with Gasteiger partial charge in [-0.25, -0.2) is 0 Å². The SMILES string of the molecule is CCOc1ccccc1C1=NOC(CC(=O)O)C1. The summed E-state index contributed by atoms with van der Waals surface area (Å²) in [5, 5.41) is 12.7. The highest BCUT2D eigenvalue weighted by Gasteiger charge is 2.26. The summed E-state index contributed by atoms with van der Waals surface area (Å²) in [6, 6.07) is 7.55. The van der Waals surface area contributed by atoms with Crippen LogP contribution in [0.1, 0.15) is 25.3 Å². The van der Waals surface area contributed by atoms with Crippen molar-refractivity contribution in [1.82, 2.24) is 0 Å². The smallest absolute Gasteiger partial charge is 0.307 e. The molecule has 1 atom stereocenters. The Balaban J connectivity index is 2.11.